The van der Waals surface area contributed by atoms with Crippen LogP contribution in [0.1, 0.15) is 65.2 Å². The molecule has 3 atom stereocenters. The summed E-state index contributed by atoms with van der Waals surface area (Å²) in [6.07, 6.45) is 7.54. The van der Waals surface area contributed by atoms with Crippen molar-refractivity contribution in [3.63, 3.8) is 0 Å². The predicted molar refractivity (Wildman–Crippen MR) is 116 cm³/mol. The maximum atomic E-state index is 12.1. The number of hydrogen-bond acceptors (Lipinski definition) is 5. The molecule has 2 saturated carbocycles. The summed E-state index contributed by atoms with van der Waals surface area (Å²) in [4.78, 5) is 9.93. The lowest BCUT2D eigenvalue weighted by atomic mass is 9.89. The van der Waals surface area contributed by atoms with Crippen LogP contribution in [-0.2, 0) is 23.1 Å². The zero-order valence-corrected chi connectivity index (χ0v) is 20.0. The molecule has 0 heterocycles. The number of phosphoric acid groups is 1. The lowest BCUT2D eigenvalue weighted by molar-refractivity contribution is -0.0139. The van der Waals surface area contributed by atoms with Gasteiger partial charge < -0.3 is 14.4 Å². The minimum atomic E-state index is -4.14. The highest BCUT2D eigenvalue weighted by molar-refractivity contribution is 7.47. The molecule has 0 saturated heterocycles. The molecule has 1 N–H and O–H groups in total. The molecule has 2 aliphatic rings. The third-order valence-electron chi connectivity index (χ3n) is 5.66. The van der Waals surface area contributed by atoms with Gasteiger partial charge in [-0.3, -0.25) is 9.05 Å². The highest BCUT2D eigenvalue weighted by Gasteiger charge is 2.27. The van der Waals surface area contributed by atoms with Crippen molar-refractivity contribution in [2.75, 3.05) is 26.4 Å². The van der Waals surface area contributed by atoms with Gasteiger partial charge in [-0.05, 0) is 77.0 Å². The molecule has 0 radical (unpaired) electrons. The van der Waals surface area contributed by atoms with Crippen molar-refractivity contribution in [3.8, 4) is 0 Å². The van der Waals surface area contributed by atoms with Gasteiger partial charge in [0.2, 0.25) is 0 Å². The van der Waals surface area contributed by atoms with E-state index in [-0.39, 0.29) is 30.1 Å². The van der Waals surface area contributed by atoms with Gasteiger partial charge in [0.15, 0.2) is 0 Å². The van der Waals surface area contributed by atoms with Gasteiger partial charge in [0.05, 0.1) is 25.4 Å². The molecule has 0 bridgehead atoms. The number of rotatable bonds is 12. The summed E-state index contributed by atoms with van der Waals surface area (Å²) in [6.45, 7) is 5.05. The number of halogens is 2. The van der Waals surface area contributed by atoms with Gasteiger partial charge in [-0.1, -0.05) is 0 Å². The van der Waals surface area contributed by atoms with E-state index in [0.29, 0.717) is 25.0 Å². The quantitative estimate of drug-likeness (QED) is 0.296. The van der Waals surface area contributed by atoms with Gasteiger partial charge in [-0.2, -0.15) is 0 Å². The van der Waals surface area contributed by atoms with Crippen LogP contribution in [0.3, 0.4) is 0 Å². The molecule has 0 aromatic carbocycles. The Morgan fingerprint density at radius 2 is 1.38 bits per heavy atom. The van der Waals surface area contributed by atoms with E-state index in [1.807, 2.05) is 6.92 Å². The van der Waals surface area contributed by atoms with Crippen LogP contribution in [0, 0.1) is 11.8 Å². The summed E-state index contributed by atoms with van der Waals surface area (Å²) in [6, 6.07) is 0. The third-order valence-corrected chi connectivity index (χ3v) is 7.64. The van der Waals surface area contributed by atoms with Crippen LogP contribution in [0.25, 0.3) is 0 Å². The van der Waals surface area contributed by atoms with Crippen molar-refractivity contribution < 1.29 is 28.0 Å². The van der Waals surface area contributed by atoms with Gasteiger partial charge in [0.25, 0.3) is 0 Å². The van der Waals surface area contributed by atoms with Crippen LogP contribution in [-0.4, -0.2) is 54.3 Å². The number of phosphoric ester groups is 1. The minimum Gasteiger partial charge on any atom is -0.378 e. The Balaban J connectivity index is 1.55. The first-order valence-electron chi connectivity index (χ1n) is 10.9. The molecular formula is C20H37Cl2O6P. The Kier molecular flexibility index (Phi) is 11.8. The fraction of sp³-hybridized carbons (Fsp3) is 1.00. The topological polar surface area (TPSA) is 74.2 Å². The van der Waals surface area contributed by atoms with Gasteiger partial charge >= 0.3 is 7.82 Å². The van der Waals surface area contributed by atoms with Crippen LogP contribution in [0.5, 0.6) is 0 Å². The second kappa shape index (κ2) is 13.2. The fourth-order valence-corrected chi connectivity index (χ4v) is 5.29. The molecule has 2 rings (SSSR count). The van der Waals surface area contributed by atoms with Crippen LogP contribution in [0.4, 0.5) is 0 Å². The van der Waals surface area contributed by atoms with E-state index in [2.05, 4.69) is 0 Å². The molecular weight excluding hydrogens is 438 g/mol. The van der Waals surface area contributed by atoms with Crippen LogP contribution in [0.2, 0.25) is 0 Å². The van der Waals surface area contributed by atoms with Gasteiger partial charge in [0.1, 0.15) is 0 Å². The summed E-state index contributed by atoms with van der Waals surface area (Å²) in [5.41, 5.74) is 0. The van der Waals surface area contributed by atoms with Gasteiger partial charge in [-0.15, -0.1) is 23.2 Å². The van der Waals surface area contributed by atoms with E-state index in [0.717, 1.165) is 51.4 Å². The van der Waals surface area contributed by atoms with Crippen molar-refractivity contribution in [2.24, 2.45) is 11.8 Å². The predicted octanol–water partition coefficient (Wildman–Crippen LogP) is 5.53. The van der Waals surface area contributed by atoms with E-state index in [9.17, 15) is 9.46 Å². The maximum absolute atomic E-state index is 12.1. The van der Waals surface area contributed by atoms with E-state index in [1.165, 1.54) is 0 Å². The second-order valence-corrected chi connectivity index (χ2v) is 11.2. The van der Waals surface area contributed by atoms with E-state index in [1.54, 1.807) is 6.92 Å². The van der Waals surface area contributed by atoms with Crippen molar-refractivity contribution in [1.29, 1.82) is 0 Å². The highest BCUT2D eigenvalue weighted by atomic mass is 35.5. The van der Waals surface area contributed by atoms with E-state index in [4.69, 9.17) is 41.7 Å². The fourth-order valence-electron chi connectivity index (χ4n) is 3.81. The lowest BCUT2D eigenvalue weighted by Crippen LogP contribution is -2.24. The molecule has 0 aromatic rings. The SMILES string of the molecule is CC(COP(=O)(O)OC(C)COCC1CCC(Cl)CC1)OCC1CCC(Cl)CC1. The molecule has 0 aliphatic heterocycles. The Bertz CT molecular complexity index is 495. The van der Waals surface area contributed by atoms with Crippen molar-refractivity contribution >= 4 is 31.0 Å². The van der Waals surface area contributed by atoms with Gasteiger partial charge in [0, 0.05) is 24.0 Å². The smallest absolute Gasteiger partial charge is 0.378 e. The molecule has 9 heteroatoms. The molecule has 0 aromatic heterocycles. The summed E-state index contributed by atoms with van der Waals surface area (Å²) >= 11 is 12.2. The van der Waals surface area contributed by atoms with Crippen molar-refractivity contribution in [3.05, 3.63) is 0 Å². The zero-order valence-electron chi connectivity index (χ0n) is 17.6. The van der Waals surface area contributed by atoms with E-state index < -0.39 is 13.9 Å². The average molecular weight is 475 g/mol. The molecule has 2 fully saturated rings. The Labute approximate surface area is 185 Å². The largest absolute Gasteiger partial charge is 0.472 e. The van der Waals surface area contributed by atoms with Crippen LogP contribution in [0.15, 0.2) is 0 Å². The Hall–Kier alpha value is 0.610. The van der Waals surface area contributed by atoms with Crippen molar-refractivity contribution in [1.82, 2.24) is 0 Å². The van der Waals surface area contributed by atoms with E-state index >= 15 is 0 Å². The first kappa shape index (κ1) is 25.9. The number of hydrogen-bond donors (Lipinski definition) is 1. The standard InChI is InChI=1S/C20H37Cl2O6P/c1-15(26-14-18-5-9-20(22)10-6-18)12-27-29(23,24)28-16(2)11-25-13-17-3-7-19(21)8-4-17/h15-20H,3-14H2,1-2H3,(H,23,24). The molecule has 0 amide bonds. The summed E-state index contributed by atoms with van der Waals surface area (Å²) in [7, 11) is -4.14. The first-order valence-corrected chi connectivity index (χ1v) is 13.2. The maximum Gasteiger partial charge on any atom is 0.472 e. The summed E-state index contributed by atoms with van der Waals surface area (Å²) in [5, 5.41) is 0.578. The Morgan fingerprint density at radius 1 is 0.862 bits per heavy atom. The van der Waals surface area contributed by atoms with Crippen LogP contribution >= 0.6 is 31.0 Å². The second-order valence-electron chi connectivity index (χ2n) is 8.60. The average Bonchev–Trinajstić information content (AvgIpc) is 2.67. The summed E-state index contributed by atoms with van der Waals surface area (Å²) in [5.74, 6) is 1.01. The Morgan fingerprint density at radius 3 is 1.93 bits per heavy atom. The van der Waals surface area contributed by atoms with Crippen LogP contribution < -0.4 is 0 Å². The minimum absolute atomic E-state index is 0.00781. The molecule has 0 spiro atoms. The molecule has 29 heavy (non-hydrogen) atoms. The monoisotopic (exact) mass is 474 g/mol. The highest BCUT2D eigenvalue weighted by Crippen LogP contribution is 2.44. The zero-order chi connectivity index (χ0) is 21.3. The normalized spacial score (nSPS) is 32.4. The lowest BCUT2D eigenvalue weighted by Gasteiger charge is -2.26. The molecule has 172 valence electrons. The third kappa shape index (κ3) is 11.2. The number of ether oxygens (including phenoxy) is 2. The molecule has 6 nitrogen and oxygen atoms in total. The molecule has 3 unspecified atom stereocenters. The number of alkyl halides is 2. The van der Waals surface area contributed by atoms with Gasteiger partial charge in [-0.25, -0.2) is 4.57 Å². The summed E-state index contributed by atoms with van der Waals surface area (Å²) < 4.78 is 33.8. The van der Waals surface area contributed by atoms with Crippen molar-refractivity contribution in [2.45, 2.75) is 88.2 Å². The molecule has 2 aliphatic carbocycles. The first-order chi connectivity index (χ1) is 13.7.